The molecular weight excluding hydrogens is 532 g/mol. The molecule has 0 heterocycles. The van der Waals surface area contributed by atoms with Crippen LogP contribution in [0.3, 0.4) is 0 Å². The number of allylic oxidation sites excluding steroid dienone is 1. The summed E-state index contributed by atoms with van der Waals surface area (Å²) in [5, 5.41) is 0. The molecule has 0 aliphatic rings. The maximum absolute atomic E-state index is 6.16. The minimum absolute atomic E-state index is 0.0176. The molecule has 0 bridgehead atoms. The van der Waals surface area contributed by atoms with Crippen molar-refractivity contribution in [1.29, 1.82) is 0 Å². The van der Waals surface area contributed by atoms with Crippen LogP contribution in [0.5, 0.6) is 0 Å². The minimum Gasteiger partial charge on any atom is -0.475 e. The van der Waals surface area contributed by atoms with E-state index < -0.39 is 0 Å². The predicted molar refractivity (Wildman–Crippen MR) is 188 cm³/mol. The number of unbranched alkanes of at least 4 members (excludes halogenated alkanes) is 24. The van der Waals surface area contributed by atoms with Crippen molar-refractivity contribution in [3.63, 3.8) is 0 Å². The normalized spacial score (nSPS) is 11.8. The van der Waals surface area contributed by atoms with Crippen molar-refractivity contribution in [3.8, 4) is 0 Å². The molecule has 43 heavy (non-hydrogen) atoms. The summed E-state index contributed by atoms with van der Waals surface area (Å²) in [6.45, 7) is 9.76. The molecule has 0 aromatic carbocycles. The highest BCUT2D eigenvalue weighted by Gasteiger charge is 2.09. The molecule has 4 nitrogen and oxygen atoms in total. The third-order valence-electron chi connectivity index (χ3n) is 8.40. The van der Waals surface area contributed by atoms with Gasteiger partial charge in [-0.2, -0.15) is 0 Å². The molecule has 0 saturated heterocycles. The summed E-state index contributed by atoms with van der Waals surface area (Å²) >= 11 is 0. The van der Waals surface area contributed by atoms with Gasteiger partial charge in [0.2, 0.25) is 0 Å². The van der Waals surface area contributed by atoms with E-state index in [9.17, 15) is 0 Å². The summed E-state index contributed by atoms with van der Waals surface area (Å²) in [6.07, 6.45) is 41.7. The highest BCUT2D eigenvalue weighted by atomic mass is 16.7. The van der Waals surface area contributed by atoms with Crippen LogP contribution in [-0.2, 0) is 18.9 Å². The second-order valence-corrected chi connectivity index (χ2v) is 12.8. The van der Waals surface area contributed by atoms with Crippen LogP contribution in [0.15, 0.2) is 12.3 Å². The van der Waals surface area contributed by atoms with Crippen molar-refractivity contribution >= 4 is 0 Å². The minimum atomic E-state index is 0.0176. The van der Waals surface area contributed by atoms with E-state index in [1.165, 1.54) is 167 Å². The van der Waals surface area contributed by atoms with Crippen LogP contribution in [-0.4, -0.2) is 32.9 Å². The van der Waals surface area contributed by atoms with Gasteiger partial charge in [0.15, 0.2) is 13.1 Å². The molecule has 0 aromatic rings. The third-order valence-corrected chi connectivity index (χ3v) is 8.40. The Morgan fingerprint density at radius 2 is 0.814 bits per heavy atom. The Morgan fingerprint density at radius 3 is 1.30 bits per heavy atom. The summed E-state index contributed by atoms with van der Waals surface area (Å²) < 4.78 is 23.4. The maximum atomic E-state index is 6.16. The van der Waals surface area contributed by atoms with Gasteiger partial charge in [0.1, 0.15) is 0 Å². The molecule has 0 radical (unpaired) electrons. The molecule has 0 atom stereocenters. The monoisotopic (exact) mass is 611 g/mol. The highest BCUT2D eigenvalue weighted by Crippen LogP contribution is 2.15. The van der Waals surface area contributed by atoms with Crippen LogP contribution in [0.25, 0.3) is 0 Å². The zero-order valence-electron chi connectivity index (χ0n) is 29.7. The Hall–Kier alpha value is -0.580. The average molecular weight is 611 g/mol. The summed E-state index contributed by atoms with van der Waals surface area (Å²) in [6, 6.07) is 0. The summed E-state index contributed by atoms with van der Waals surface area (Å²) in [4.78, 5) is 0. The number of ether oxygens (including phenoxy) is 4. The quantitative estimate of drug-likeness (QED) is 0.0396. The Kier molecular flexibility index (Phi) is 38.9. The van der Waals surface area contributed by atoms with Gasteiger partial charge in [-0.25, -0.2) is 0 Å². The van der Waals surface area contributed by atoms with Crippen molar-refractivity contribution < 1.29 is 18.9 Å². The lowest BCUT2D eigenvalue weighted by Crippen LogP contribution is -2.19. The molecule has 0 amide bonds. The summed E-state index contributed by atoms with van der Waals surface area (Å²) in [5.74, 6) is 0. The maximum Gasteiger partial charge on any atom is 0.188 e. The fourth-order valence-corrected chi connectivity index (χ4v) is 5.49. The van der Waals surface area contributed by atoms with E-state index in [2.05, 4.69) is 26.8 Å². The third kappa shape index (κ3) is 37.5. The summed E-state index contributed by atoms with van der Waals surface area (Å²) in [7, 11) is 0. The lowest BCUT2D eigenvalue weighted by Gasteiger charge is -2.19. The number of hydrogen-bond acceptors (Lipinski definition) is 4. The first-order valence-electron chi connectivity index (χ1n) is 19.4. The Bertz CT molecular complexity index is 493. The molecule has 0 N–H and O–H groups in total. The molecule has 0 rings (SSSR count). The SMILES string of the molecule is CCCCCCCCCCOCOC=CCCCCCCCCCCCC(OCCCCCCC)OCCCCCCC. The molecule has 0 aromatic heterocycles. The van der Waals surface area contributed by atoms with E-state index in [-0.39, 0.29) is 6.29 Å². The van der Waals surface area contributed by atoms with Gasteiger partial charge >= 0.3 is 0 Å². The lowest BCUT2D eigenvalue weighted by atomic mass is 10.1. The fourth-order valence-electron chi connectivity index (χ4n) is 5.49. The fraction of sp³-hybridized carbons (Fsp3) is 0.949. The molecule has 0 spiro atoms. The van der Waals surface area contributed by atoms with Gasteiger partial charge in [0.25, 0.3) is 0 Å². The predicted octanol–water partition coefficient (Wildman–Crippen LogP) is 13.2. The first-order valence-corrected chi connectivity index (χ1v) is 19.4. The molecular formula is C39H78O4. The van der Waals surface area contributed by atoms with Crippen molar-refractivity contribution in [2.45, 2.75) is 213 Å². The van der Waals surface area contributed by atoms with E-state index >= 15 is 0 Å². The first kappa shape index (κ1) is 42.4. The highest BCUT2D eigenvalue weighted by molar-refractivity contribution is 4.72. The van der Waals surface area contributed by atoms with Crippen LogP contribution < -0.4 is 0 Å². The zero-order chi connectivity index (χ0) is 31.2. The molecule has 4 heteroatoms. The molecule has 0 saturated carbocycles. The van der Waals surface area contributed by atoms with Gasteiger partial charge < -0.3 is 18.9 Å². The van der Waals surface area contributed by atoms with E-state index in [1.807, 2.05) is 6.26 Å². The van der Waals surface area contributed by atoms with Crippen LogP contribution in [0.4, 0.5) is 0 Å². The van der Waals surface area contributed by atoms with Gasteiger partial charge in [-0.3, -0.25) is 0 Å². The van der Waals surface area contributed by atoms with Gasteiger partial charge in [-0.05, 0) is 51.0 Å². The Labute approximate surface area is 270 Å². The first-order chi connectivity index (χ1) is 21.3. The van der Waals surface area contributed by atoms with E-state index in [4.69, 9.17) is 18.9 Å². The molecule has 258 valence electrons. The zero-order valence-corrected chi connectivity index (χ0v) is 29.7. The van der Waals surface area contributed by atoms with Gasteiger partial charge in [-0.1, -0.05) is 162 Å². The lowest BCUT2D eigenvalue weighted by molar-refractivity contribution is -0.148. The van der Waals surface area contributed by atoms with Crippen molar-refractivity contribution in [2.24, 2.45) is 0 Å². The summed E-state index contributed by atoms with van der Waals surface area (Å²) in [5.41, 5.74) is 0. The van der Waals surface area contributed by atoms with Crippen molar-refractivity contribution in [3.05, 3.63) is 12.3 Å². The van der Waals surface area contributed by atoms with Crippen molar-refractivity contribution in [2.75, 3.05) is 26.6 Å². The van der Waals surface area contributed by atoms with Gasteiger partial charge in [0.05, 0.1) is 12.9 Å². The topological polar surface area (TPSA) is 36.9 Å². The van der Waals surface area contributed by atoms with Gasteiger partial charge in [0, 0.05) is 13.2 Å². The van der Waals surface area contributed by atoms with Gasteiger partial charge in [-0.15, -0.1) is 0 Å². The van der Waals surface area contributed by atoms with Crippen LogP contribution >= 0.6 is 0 Å². The standard InChI is InChI=1S/C39H78O4/c1-4-7-10-13-14-21-26-29-34-40-38-41-35-30-27-22-19-17-15-16-18-20-23-28-33-39(42-36-31-24-11-8-5-2)43-37-32-25-12-9-6-3/h30,35,39H,4-29,31-34,36-38H2,1-3H3. The molecule has 0 aliphatic heterocycles. The van der Waals surface area contributed by atoms with E-state index in [1.54, 1.807) is 0 Å². The number of hydrogen-bond donors (Lipinski definition) is 0. The molecule has 0 fully saturated rings. The smallest absolute Gasteiger partial charge is 0.188 e. The van der Waals surface area contributed by atoms with Crippen LogP contribution in [0, 0.1) is 0 Å². The average Bonchev–Trinajstić information content (AvgIpc) is 3.02. The second-order valence-electron chi connectivity index (χ2n) is 12.8. The molecule has 0 aliphatic carbocycles. The van der Waals surface area contributed by atoms with Crippen LogP contribution in [0.1, 0.15) is 207 Å². The van der Waals surface area contributed by atoms with Crippen molar-refractivity contribution in [1.82, 2.24) is 0 Å². The van der Waals surface area contributed by atoms with E-state index in [0.717, 1.165) is 39.1 Å². The van der Waals surface area contributed by atoms with Crippen LogP contribution in [0.2, 0.25) is 0 Å². The molecule has 0 unspecified atom stereocenters. The second kappa shape index (κ2) is 39.4. The number of rotatable bonds is 38. The Balaban J connectivity index is 3.54. The Morgan fingerprint density at radius 1 is 0.419 bits per heavy atom. The van der Waals surface area contributed by atoms with E-state index in [0.29, 0.717) is 6.79 Å². The largest absolute Gasteiger partial charge is 0.475 e.